The fourth-order valence-corrected chi connectivity index (χ4v) is 4.40. The van der Waals surface area contributed by atoms with Gasteiger partial charge in [0.25, 0.3) is 0 Å². The molecule has 23 heavy (non-hydrogen) atoms. The van der Waals surface area contributed by atoms with E-state index >= 15 is 0 Å². The van der Waals surface area contributed by atoms with Gasteiger partial charge in [-0.1, -0.05) is 38.3 Å². The predicted octanol–water partition coefficient (Wildman–Crippen LogP) is 3.78. The standard InChI is InChI=1S/C18H32O4S/c1-2-3-4-9-12-23(21)15-17-14-22-13-16(17)10-7-5-6-8-11-18(19)20/h5,7,16-17H,2-4,6,8-15H2,1H3,(H,19,20)/b7-5-/t16-,17-,23?/m1/s1. The van der Waals surface area contributed by atoms with E-state index < -0.39 is 16.8 Å². The first-order valence-electron chi connectivity index (χ1n) is 8.93. The van der Waals surface area contributed by atoms with Crippen LogP contribution in [0, 0.1) is 11.8 Å². The van der Waals surface area contributed by atoms with E-state index in [0.717, 1.165) is 44.0 Å². The van der Waals surface area contributed by atoms with Crippen LogP contribution in [0.4, 0.5) is 0 Å². The van der Waals surface area contributed by atoms with Crippen LogP contribution in [-0.2, 0) is 20.3 Å². The molecule has 1 heterocycles. The summed E-state index contributed by atoms with van der Waals surface area (Å²) < 4.78 is 17.7. The van der Waals surface area contributed by atoms with Crippen LogP contribution in [-0.4, -0.2) is 40.0 Å². The van der Waals surface area contributed by atoms with Crippen LogP contribution < -0.4 is 0 Å². The SMILES string of the molecule is CCCCCCS(=O)C[C@H]1COC[C@H]1C/C=C\CCCC(=O)O. The molecule has 0 bridgehead atoms. The molecular formula is C18H32O4S. The molecule has 0 aromatic rings. The number of aliphatic carboxylic acids is 1. The smallest absolute Gasteiger partial charge is 0.303 e. The Balaban J connectivity index is 2.18. The summed E-state index contributed by atoms with van der Waals surface area (Å²) >= 11 is 0. The summed E-state index contributed by atoms with van der Waals surface area (Å²) in [5, 5.41) is 8.58. The third-order valence-corrected chi connectivity index (χ3v) is 5.87. The van der Waals surface area contributed by atoms with E-state index in [2.05, 4.69) is 19.1 Å². The molecule has 1 aliphatic heterocycles. The summed E-state index contributed by atoms with van der Waals surface area (Å²) in [6.45, 7) is 3.68. The molecule has 134 valence electrons. The second-order valence-electron chi connectivity index (χ2n) is 6.42. The molecule has 1 saturated heterocycles. The fraction of sp³-hybridized carbons (Fsp3) is 0.833. The first-order valence-corrected chi connectivity index (χ1v) is 10.4. The van der Waals surface area contributed by atoms with E-state index in [1.807, 2.05) is 0 Å². The number of hydrogen-bond acceptors (Lipinski definition) is 3. The Kier molecular flexibility index (Phi) is 11.3. The lowest BCUT2D eigenvalue weighted by molar-refractivity contribution is -0.137. The molecular weight excluding hydrogens is 312 g/mol. The second kappa shape index (κ2) is 12.7. The van der Waals surface area contributed by atoms with Crippen molar-refractivity contribution >= 4 is 16.8 Å². The minimum atomic E-state index is -0.732. The lowest BCUT2D eigenvalue weighted by Gasteiger charge is -2.15. The fourth-order valence-electron chi connectivity index (χ4n) is 2.86. The van der Waals surface area contributed by atoms with Crippen LogP contribution in [0.15, 0.2) is 12.2 Å². The van der Waals surface area contributed by atoms with E-state index in [0.29, 0.717) is 18.3 Å². The number of carbonyl (C=O) groups is 1. The number of hydrogen-bond donors (Lipinski definition) is 1. The zero-order chi connectivity index (χ0) is 16.9. The third-order valence-electron chi connectivity index (χ3n) is 4.32. The van der Waals surface area contributed by atoms with Crippen molar-refractivity contribution in [3.63, 3.8) is 0 Å². The van der Waals surface area contributed by atoms with Crippen molar-refractivity contribution in [2.45, 2.75) is 58.3 Å². The molecule has 0 aromatic heterocycles. The van der Waals surface area contributed by atoms with Crippen LogP contribution in [0.5, 0.6) is 0 Å². The van der Waals surface area contributed by atoms with Gasteiger partial charge in [0.05, 0.1) is 13.2 Å². The molecule has 1 aliphatic rings. The first-order chi connectivity index (χ1) is 11.1. The monoisotopic (exact) mass is 344 g/mol. The number of ether oxygens (including phenoxy) is 1. The lowest BCUT2D eigenvalue weighted by Crippen LogP contribution is -2.20. The van der Waals surface area contributed by atoms with Crippen LogP contribution in [0.3, 0.4) is 0 Å². The highest BCUT2D eigenvalue weighted by atomic mass is 32.2. The normalized spacial score (nSPS) is 22.7. The van der Waals surface area contributed by atoms with Gasteiger partial charge in [0, 0.05) is 28.7 Å². The topological polar surface area (TPSA) is 63.6 Å². The van der Waals surface area contributed by atoms with Crippen LogP contribution in [0.25, 0.3) is 0 Å². The Bertz CT molecular complexity index is 381. The van der Waals surface area contributed by atoms with Gasteiger partial charge in [0.15, 0.2) is 0 Å². The zero-order valence-corrected chi connectivity index (χ0v) is 15.2. The first kappa shape index (κ1) is 20.4. The highest BCUT2D eigenvalue weighted by Crippen LogP contribution is 2.25. The minimum Gasteiger partial charge on any atom is -0.481 e. The van der Waals surface area contributed by atoms with Crippen molar-refractivity contribution in [1.82, 2.24) is 0 Å². The Morgan fingerprint density at radius 1 is 1.17 bits per heavy atom. The van der Waals surface area contributed by atoms with Gasteiger partial charge in [0.2, 0.25) is 0 Å². The van der Waals surface area contributed by atoms with Gasteiger partial charge in [0.1, 0.15) is 0 Å². The van der Waals surface area contributed by atoms with Crippen molar-refractivity contribution in [3.05, 3.63) is 12.2 Å². The number of unbranched alkanes of at least 4 members (excludes halogenated alkanes) is 4. The van der Waals surface area contributed by atoms with Crippen LogP contribution >= 0.6 is 0 Å². The molecule has 4 nitrogen and oxygen atoms in total. The number of rotatable bonds is 13. The van der Waals surface area contributed by atoms with Gasteiger partial charge in [-0.2, -0.15) is 0 Å². The van der Waals surface area contributed by atoms with Gasteiger partial charge in [-0.25, -0.2) is 0 Å². The van der Waals surface area contributed by atoms with Crippen molar-refractivity contribution in [1.29, 1.82) is 0 Å². The quantitative estimate of drug-likeness (QED) is 0.408. The molecule has 0 spiro atoms. The molecule has 1 N–H and O–H groups in total. The zero-order valence-electron chi connectivity index (χ0n) is 14.4. The lowest BCUT2D eigenvalue weighted by atomic mass is 9.94. The van der Waals surface area contributed by atoms with Gasteiger partial charge in [-0.05, 0) is 37.5 Å². The Hall–Kier alpha value is -0.680. The molecule has 0 saturated carbocycles. The maximum atomic E-state index is 12.2. The second-order valence-corrected chi connectivity index (χ2v) is 8.04. The summed E-state index contributed by atoms with van der Waals surface area (Å²) in [5.74, 6) is 1.73. The van der Waals surface area contributed by atoms with E-state index in [1.165, 1.54) is 19.3 Å². The number of carboxylic acid groups (broad SMARTS) is 1. The molecule has 1 fully saturated rings. The van der Waals surface area contributed by atoms with Crippen LogP contribution in [0.1, 0.15) is 58.3 Å². The molecule has 0 aromatic carbocycles. The van der Waals surface area contributed by atoms with Crippen molar-refractivity contribution in [2.24, 2.45) is 11.8 Å². The average Bonchev–Trinajstić information content (AvgIpc) is 2.94. The summed E-state index contributed by atoms with van der Waals surface area (Å²) in [5.41, 5.74) is 0. The number of allylic oxidation sites excluding steroid dienone is 2. The summed E-state index contributed by atoms with van der Waals surface area (Å²) in [6, 6.07) is 0. The highest BCUT2D eigenvalue weighted by molar-refractivity contribution is 7.84. The number of carboxylic acids is 1. The van der Waals surface area contributed by atoms with Crippen molar-refractivity contribution in [2.75, 3.05) is 24.7 Å². The molecule has 1 unspecified atom stereocenters. The molecule has 3 atom stereocenters. The van der Waals surface area contributed by atoms with Gasteiger partial charge in [-0.3, -0.25) is 9.00 Å². The summed E-state index contributed by atoms with van der Waals surface area (Å²) in [6.07, 6.45) is 11.6. The third kappa shape index (κ3) is 9.92. The molecule has 5 heteroatoms. The highest BCUT2D eigenvalue weighted by Gasteiger charge is 2.28. The summed E-state index contributed by atoms with van der Waals surface area (Å²) in [7, 11) is -0.719. The maximum absolute atomic E-state index is 12.2. The molecule has 0 aliphatic carbocycles. The average molecular weight is 345 g/mol. The van der Waals surface area contributed by atoms with Crippen molar-refractivity contribution in [3.8, 4) is 0 Å². The molecule has 0 radical (unpaired) electrons. The summed E-state index contributed by atoms with van der Waals surface area (Å²) in [4.78, 5) is 10.4. The Labute approximate surface area is 143 Å². The molecule has 0 amide bonds. The van der Waals surface area contributed by atoms with Crippen LogP contribution in [0.2, 0.25) is 0 Å². The van der Waals surface area contributed by atoms with E-state index in [1.54, 1.807) is 0 Å². The van der Waals surface area contributed by atoms with Gasteiger partial charge in [-0.15, -0.1) is 0 Å². The van der Waals surface area contributed by atoms with Gasteiger partial charge < -0.3 is 9.84 Å². The predicted molar refractivity (Wildman–Crippen MR) is 95.1 cm³/mol. The Morgan fingerprint density at radius 2 is 1.96 bits per heavy atom. The Morgan fingerprint density at radius 3 is 2.70 bits per heavy atom. The van der Waals surface area contributed by atoms with E-state index in [9.17, 15) is 9.00 Å². The molecule has 1 rings (SSSR count). The van der Waals surface area contributed by atoms with Gasteiger partial charge >= 0.3 is 5.97 Å². The minimum absolute atomic E-state index is 0.233. The maximum Gasteiger partial charge on any atom is 0.303 e. The van der Waals surface area contributed by atoms with Crippen molar-refractivity contribution < 1.29 is 18.8 Å². The largest absolute Gasteiger partial charge is 0.481 e. The van der Waals surface area contributed by atoms with E-state index in [4.69, 9.17) is 9.84 Å². The van der Waals surface area contributed by atoms with E-state index in [-0.39, 0.29) is 6.42 Å².